The van der Waals surface area contributed by atoms with E-state index in [0.29, 0.717) is 18.0 Å². The Morgan fingerprint density at radius 1 is 1.24 bits per heavy atom. The van der Waals surface area contributed by atoms with Crippen LogP contribution in [0.1, 0.15) is 18.9 Å². The lowest BCUT2D eigenvalue weighted by Crippen LogP contribution is -2.28. The Bertz CT molecular complexity index is 771. The van der Waals surface area contributed by atoms with Crippen LogP contribution in [0.15, 0.2) is 48.5 Å². The van der Waals surface area contributed by atoms with E-state index < -0.39 is 0 Å². The number of anilines is 2. The fourth-order valence-electron chi connectivity index (χ4n) is 2.99. The summed E-state index contributed by atoms with van der Waals surface area (Å²) in [5, 5.41) is 2.87. The van der Waals surface area contributed by atoms with Gasteiger partial charge in [-0.1, -0.05) is 25.1 Å². The molecule has 1 aliphatic rings. The van der Waals surface area contributed by atoms with Gasteiger partial charge in [0.25, 0.3) is 0 Å². The molecule has 5 nitrogen and oxygen atoms in total. The lowest BCUT2D eigenvalue weighted by atomic mass is 10.1. The van der Waals surface area contributed by atoms with Crippen molar-refractivity contribution in [3.63, 3.8) is 0 Å². The van der Waals surface area contributed by atoms with Crippen LogP contribution in [0.4, 0.5) is 11.4 Å². The number of benzene rings is 2. The van der Waals surface area contributed by atoms with Gasteiger partial charge in [-0.15, -0.1) is 0 Å². The van der Waals surface area contributed by atoms with Gasteiger partial charge in [0.2, 0.25) is 11.8 Å². The van der Waals surface area contributed by atoms with E-state index >= 15 is 0 Å². The van der Waals surface area contributed by atoms with Crippen LogP contribution in [0.25, 0.3) is 0 Å². The number of rotatable bonds is 5. The second-order valence-corrected chi connectivity index (χ2v) is 6.15. The number of nitrogens with one attached hydrogen (secondary N) is 1. The average molecular weight is 338 g/mol. The normalized spacial score (nSPS) is 16.8. The fourth-order valence-corrected chi connectivity index (χ4v) is 2.99. The number of methoxy groups -OCH3 is 1. The Labute approximate surface area is 147 Å². The van der Waals surface area contributed by atoms with Gasteiger partial charge >= 0.3 is 0 Å². The zero-order chi connectivity index (χ0) is 17.8. The van der Waals surface area contributed by atoms with Gasteiger partial charge in [0.05, 0.1) is 13.0 Å². The maximum atomic E-state index is 12.5. The third-order valence-electron chi connectivity index (χ3n) is 4.49. The van der Waals surface area contributed by atoms with E-state index in [4.69, 9.17) is 4.74 Å². The van der Waals surface area contributed by atoms with Crippen molar-refractivity contribution in [2.24, 2.45) is 5.92 Å². The molecule has 2 aromatic carbocycles. The largest absolute Gasteiger partial charge is 0.497 e. The van der Waals surface area contributed by atoms with E-state index in [1.54, 1.807) is 24.1 Å². The van der Waals surface area contributed by atoms with Crippen molar-refractivity contribution in [1.82, 2.24) is 0 Å². The molecule has 0 bridgehead atoms. The monoisotopic (exact) mass is 338 g/mol. The molecule has 1 N–H and O–H groups in total. The maximum absolute atomic E-state index is 12.5. The molecule has 0 aliphatic carbocycles. The molecule has 1 heterocycles. The van der Waals surface area contributed by atoms with Crippen LogP contribution in [-0.4, -0.2) is 25.5 Å². The van der Waals surface area contributed by atoms with Crippen molar-refractivity contribution >= 4 is 23.2 Å². The lowest BCUT2D eigenvalue weighted by molar-refractivity contribution is -0.122. The number of hydrogen-bond donors (Lipinski definition) is 1. The summed E-state index contributed by atoms with van der Waals surface area (Å²) >= 11 is 0. The summed E-state index contributed by atoms with van der Waals surface area (Å²) in [6.07, 6.45) is 1.19. The number of hydrogen-bond acceptors (Lipinski definition) is 3. The minimum Gasteiger partial charge on any atom is -0.497 e. The van der Waals surface area contributed by atoms with E-state index in [0.717, 1.165) is 12.1 Å². The topological polar surface area (TPSA) is 58.6 Å². The predicted molar refractivity (Wildman–Crippen MR) is 97.9 cm³/mol. The molecule has 2 aromatic rings. The first-order valence-corrected chi connectivity index (χ1v) is 8.45. The van der Waals surface area contributed by atoms with Gasteiger partial charge in [0.15, 0.2) is 0 Å². The number of nitrogens with zero attached hydrogens (tertiary/aromatic N) is 1. The van der Waals surface area contributed by atoms with Crippen molar-refractivity contribution in [2.45, 2.75) is 19.8 Å². The molecule has 130 valence electrons. The van der Waals surface area contributed by atoms with Crippen LogP contribution in [0.2, 0.25) is 0 Å². The molecule has 5 heteroatoms. The highest BCUT2D eigenvalue weighted by Gasteiger charge is 2.35. The Morgan fingerprint density at radius 2 is 2.00 bits per heavy atom. The van der Waals surface area contributed by atoms with Crippen molar-refractivity contribution < 1.29 is 14.3 Å². The number of carbonyl (C=O) groups excluding carboxylic acids is 2. The molecule has 1 aliphatic heterocycles. The number of aryl methyl sites for hydroxylation is 1. The SMILES string of the molecule is CCc1ccc(N2C[C@@H](C(=O)Nc3cccc(OC)c3)CC2=O)cc1. The zero-order valence-electron chi connectivity index (χ0n) is 14.5. The van der Waals surface area contributed by atoms with Crippen LogP contribution >= 0.6 is 0 Å². The summed E-state index contributed by atoms with van der Waals surface area (Å²) in [7, 11) is 1.58. The Hall–Kier alpha value is -2.82. The van der Waals surface area contributed by atoms with Gasteiger partial charge in [-0.25, -0.2) is 0 Å². The van der Waals surface area contributed by atoms with Crippen LogP contribution in [0.5, 0.6) is 5.75 Å². The first kappa shape index (κ1) is 17.0. The Morgan fingerprint density at radius 3 is 2.68 bits per heavy atom. The van der Waals surface area contributed by atoms with Crippen LogP contribution in [-0.2, 0) is 16.0 Å². The summed E-state index contributed by atoms with van der Waals surface area (Å²) in [5.41, 5.74) is 2.74. The molecule has 1 saturated heterocycles. The molecular formula is C20H22N2O3. The van der Waals surface area contributed by atoms with E-state index in [9.17, 15) is 9.59 Å². The molecule has 1 fully saturated rings. The standard InChI is InChI=1S/C20H22N2O3/c1-3-14-7-9-17(10-8-14)22-13-15(11-19(22)23)20(24)21-16-5-4-6-18(12-16)25-2/h4-10,12,15H,3,11,13H2,1-2H3,(H,21,24)/t15-/m0/s1. The highest BCUT2D eigenvalue weighted by atomic mass is 16.5. The molecule has 0 saturated carbocycles. The molecule has 0 aromatic heterocycles. The number of amides is 2. The van der Waals surface area contributed by atoms with E-state index in [-0.39, 0.29) is 24.2 Å². The fraction of sp³-hybridized carbons (Fsp3) is 0.300. The maximum Gasteiger partial charge on any atom is 0.229 e. The second kappa shape index (κ2) is 7.38. The molecule has 0 spiro atoms. The Kier molecular flexibility index (Phi) is 5.03. The molecule has 0 radical (unpaired) electrons. The Balaban J connectivity index is 1.67. The first-order chi connectivity index (χ1) is 12.1. The molecule has 2 amide bonds. The third kappa shape index (κ3) is 3.82. The minimum atomic E-state index is -0.357. The highest BCUT2D eigenvalue weighted by molar-refractivity contribution is 6.03. The smallest absolute Gasteiger partial charge is 0.229 e. The number of carbonyl (C=O) groups is 2. The molecule has 3 rings (SSSR count). The third-order valence-corrected chi connectivity index (χ3v) is 4.49. The molecule has 25 heavy (non-hydrogen) atoms. The summed E-state index contributed by atoms with van der Waals surface area (Å²) in [6, 6.07) is 15.1. The first-order valence-electron chi connectivity index (χ1n) is 8.45. The van der Waals surface area contributed by atoms with Crippen LogP contribution in [0, 0.1) is 5.92 Å². The van der Waals surface area contributed by atoms with Gasteiger partial charge in [-0.3, -0.25) is 9.59 Å². The zero-order valence-corrected chi connectivity index (χ0v) is 14.5. The van der Waals surface area contributed by atoms with Gasteiger partial charge in [0.1, 0.15) is 5.75 Å². The van der Waals surface area contributed by atoms with Gasteiger partial charge in [0, 0.05) is 30.4 Å². The van der Waals surface area contributed by atoms with Crippen molar-refractivity contribution in [3.8, 4) is 5.75 Å². The van der Waals surface area contributed by atoms with Gasteiger partial charge in [-0.2, -0.15) is 0 Å². The molecule has 1 atom stereocenters. The quantitative estimate of drug-likeness (QED) is 0.910. The number of ether oxygens (including phenoxy) is 1. The van der Waals surface area contributed by atoms with Crippen molar-refractivity contribution in [1.29, 1.82) is 0 Å². The summed E-state index contributed by atoms with van der Waals surface area (Å²) in [4.78, 5) is 26.5. The lowest BCUT2D eigenvalue weighted by Gasteiger charge is -2.17. The minimum absolute atomic E-state index is 0.0185. The average Bonchev–Trinajstić information content (AvgIpc) is 3.04. The van der Waals surface area contributed by atoms with Crippen molar-refractivity contribution in [2.75, 3.05) is 23.9 Å². The van der Waals surface area contributed by atoms with E-state index in [2.05, 4.69) is 12.2 Å². The van der Waals surface area contributed by atoms with E-state index in [1.165, 1.54) is 5.56 Å². The predicted octanol–water partition coefficient (Wildman–Crippen LogP) is 3.25. The highest BCUT2D eigenvalue weighted by Crippen LogP contribution is 2.27. The summed E-state index contributed by atoms with van der Waals surface area (Å²) in [5.74, 6) is 0.159. The van der Waals surface area contributed by atoms with Crippen LogP contribution in [0.3, 0.4) is 0 Å². The van der Waals surface area contributed by atoms with Gasteiger partial charge in [-0.05, 0) is 36.2 Å². The van der Waals surface area contributed by atoms with Crippen LogP contribution < -0.4 is 15.0 Å². The molecular weight excluding hydrogens is 316 g/mol. The van der Waals surface area contributed by atoms with Crippen molar-refractivity contribution in [3.05, 3.63) is 54.1 Å². The van der Waals surface area contributed by atoms with E-state index in [1.807, 2.05) is 36.4 Å². The molecule has 0 unspecified atom stereocenters. The van der Waals surface area contributed by atoms with Gasteiger partial charge < -0.3 is 15.0 Å². The summed E-state index contributed by atoms with van der Waals surface area (Å²) < 4.78 is 5.16. The second-order valence-electron chi connectivity index (χ2n) is 6.15. The summed E-state index contributed by atoms with van der Waals surface area (Å²) in [6.45, 7) is 2.50.